The third kappa shape index (κ3) is 6.58. The van der Waals surface area contributed by atoms with Crippen LogP contribution in [0.4, 0.5) is 4.79 Å². The number of rotatable bonds is 6. The Hall–Kier alpha value is -3.58. The van der Waals surface area contributed by atoms with E-state index in [1.165, 1.54) is 33.5 Å². The molecule has 2 atom stereocenters. The number of likely N-dealkylation sites (tertiary alicyclic amines) is 1. The molecule has 0 unspecified atom stereocenters. The highest BCUT2D eigenvalue weighted by atomic mass is 32.2. The molecule has 0 aromatic heterocycles. The molecule has 0 radical (unpaired) electrons. The molecule has 2 aliphatic heterocycles. The summed E-state index contributed by atoms with van der Waals surface area (Å²) < 4.78 is 35.0. The molecule has 0 aliphatic carbocycles. The number of amides is 2. The zero-order chi connectivity index (χ0) is 29.1. The Balaban J connectivity index is 1.72. The summed E-state index contributed by atoms with van der Waals surface area (Å²) in [5.74, 6) is 1.08. The minimum absolute atomic E-state index is 0.00492. The topological polar surface area (TPSA) is 135 Å². The lowest BCUT2D eigenvalue weighted by Crippen LogP contribution is -2.48. The van der Waals surface area contributed by atoms with Crippen molar-refractivity contribution in [2.75, 3.05) is 24.7 Å². The molecule has 2 aromatic carbocycles. The van der Waals surface area contributed by atoms with E-state index in [1.54, 1.807) is 61.7 Å². The Bertz CT molecular complexity index is 1430. The van der Waals surface area contributed by atoms with Crippen LogP contribution in [0.15, 0.2) is 53.4 Å². The second-order valence-electron chi connectivity index (χ2n) is 10.7. The molecule has 12 heteroatoms. The number of thioether (sulfide) groups is 1. The van der Waals surface area contributed by atoms with Crippen LogP contribution in [-0.4, -0.2) is 76.9 Å². The van der Waals surface area contributed by atoms with Crippen LogP contribution in [0.1, 0.15) is 43.9 Å². The maximum absolute atomic E-state index is 14.0. The van der Waals surface area contributed by atoms with Gasteiger partial charge < -0.3 is 9.64 Å². The Morgan fingerprint density at radius 3 is 2.17 bits per heavy atom. The number of carbonyl (C=O) groups excluding carboxylic acids is 2. The van der Waals surface area contributed by atoms with E-state index in [9.17, 15) is 23.3 Å². The van der Waals surface area contributed by atoms with E-state index in [0.717, 1.165) is 5.75 Å². The molecule has 2 heterocycles. The van der Waals surface area contributed by atoms with Gasteiger partial charge in [-0.1, -0.05) is 12.1 Å². The summed E-state index contributed by atoms with van der Waals surface area (Å²) in [5, 5.41) is 18.3. The maximum Gasteiger partial charge on any atom is 0.411 e. The number of hydrogen-bond acceptors (Lipinski definition) is 8. The summed E-state index contributed by atoms with van der Waals surface area (Å²) in [5.41, 5.74) is 0.606. The highest BCUT2D eigenvalue weighted by Gasteiger charge is 2.47. The highest BCUT2D eigenvalue weighted by molar-refractivity contribution is 7.99. The molecule has 0 bridgehead atoms. The van der Waals surface area contributed by atoms with E-state index >= 15 is 0 Å². The van der Waals surface area contributed by atoms with Crippen molar-refractivity contribution >= 4 is 33.8 Å². The Labute approximate surface area is 239 Å². The normalized spacial score (nSPS) is 19.4. The van der Waals surface area contributed by atoms with Gasteiger partial charge in [0.05, 0.1) is 34.0 Å². The van der Waals surface area contributed by atoms with Crippen molar-refractivity contribution in [3.05, 3.63) is 65.2 Å². The molecule has 2 aliphatic rings. The number of nitrogens with zero attached hydrogens (tertiary/aromatic N) is 5. The van der Waals surface area contributed by atoms with Gasteiger partial charge in [0.25, 0.3) is 0 Å². The van der Waals surface area contributed by atoms with Crippen LogP contribution >= 0.6 is 11.8 Å². The number of carbonyl (C=O) groups is 2. The Morgan fingerprint density at radius 1 is 1.05 bits per heavy atom. The predicted molar refractivity (Wildman–Crippen MR) is 149 cm³/mol. The summed E-state index contributed by atoms with van der Waals surface area (Å²) in [4.78, 5) is 29.9. The first kappa shape index (κ1) is 29.4. The van der Waals surface area contributed by atoms with Crippen molar-refractivity contribution in [1.82, 2.24) is 14.1 Å². The van der Waals surface area contributed by atoms with Crippen molar-refractivity contribution in [3.63, 3.8) is 0 Å². The summed E-state index contributed by atoms with van der Waals surface area (Å²) in [6, 6.07) is 14.7. The van der Waals surface area contributed by atoms with Gasteiger partial charge in [-0.25, -0.2) is 13.2 Å². The monoisotopic (exact) mass is 581 g/mol. The first-order chi connectivity index (χ1) is 18.9. The van der Waals surface area contributed by atoms with Crippen LogP contribution in [0.3, 0.4) is 0 Å². The highest BCUT2D eigenvalue weighted by Crippen LogP contribution is 2.32. The molecule has 0 saturated carbocycles. The second-order valence-corrected chi connectivity index (χ2v) is 13.6. The molecular formula is C28H31N5O5S2. The van der Waals surface area contributed by atoms with Gasteiger partial charge in [-0.3, -0.25) is 9.69 Å². The first-order valence-electron chi connectivity index (χ1n) is 12.8. The van der Waals surface area contributed by atoms with Crippen molar-refractivity contribution in [1.29, 1.82) is 10.5 Å². The third-order valence-electron chi connectivity index (χ3n) is 6.68. The maximum atomic E-state index is 14.0. The largest absolute Gasteiger partial charge is 0.444 e. The predicted octanol–water partition coefficient (Wildman–Crippen LogP) is 3.53. The summed E-state index contributed by atoms with van der Waals surface area (Å²) >= 11 is 1.62. The molecule has 4 rings (SSSR count). The van der Waals surface area contributed by atoms with Gasteiger partial charge in [0.2, 0.25) is 15.9 Å². The molecule has 210 valence electrons. The van der Waals surface area contributed by atoms with Crippen molar-refractivity contribution in [2.24, 2.45) is 0 Å². The van der Waals surface area contributed by atoms with Gasteiger partial charge in [0.1, 0.15) is 11.6 Å². The number of benzene rings is 2. The zero-order valence-electron chi connectivity index (χ0n) is 22.6. The zero-order valence-corrected chi connectivity index (χ0v) is 24.2. The Kier molecular flexibility index (Phi) is 8.74. The second kappa shape index (κ2) is 11.9. The van der Waals surface area contributed by atoms with Gasteiger partial charge in [-0.05, 0) is 69.2 Å². The first-order valence-corrected chi connectivity index (χ1v) is 15.4. The molecule has 2 fully saturated rings. The fraction of sp³-hybridized carbons (Fsp3) is 0.429. The third-order valence-corrected chi connectivity index (χ3v) is 9.55. The molecule has 2 amide bonds. The van der Waals surface area contributed by atoms with E-state index < -0.39 is 33.8 Å². The van der Waals surface area contributed by atoms with Crippen molar-refractivity contribution < 1.29 is 22.7 Å². The molecule has 0 N–H and O–H groups in total. The number of sulfonamides is 1. The molecule has 2 aromatic rings. The van der Waals surface area contributed by atoms with E-state index in [1.807, 2.05) is 6.07 Å². The fourth-order valence-electron chi connectivity index (χ4n) is 4.69. The van der Waals surface area contributed by atoms with Crippen molar-refractivity contribution in [2.45, 2.75) is 56.3 Å². The van der Waals surface area contributed by atoms with Crippen LogP contribution in [0.5, 0.6) is 0 Å². The molecule has 0 spiro atoms. The molecule has 40 heavy (non-hydrogen) atoms. The summed E-state index contributed by atoms with van der Waals surface area (Å²) in [7, 11) is -4.12. The van der Waals surface area contributed by atoms with Crippen LogP contribution in [0.25, 0.3) is 0 Å². The van der Waals surface area contributed by atoms with E-state index in [2.05, 4.69) is 6.07 Å². The van der Waals surface area contributed by atoms with Gasteiger partial charge in [-0.15, -0.1) is 11.8 Å². The Morgan fingerprint density at radius 2 is 1.65 bits per heavy atom. The van der Waals surface area contributed by atoms with Gasteiger partial charge >= 0.3 is 6.09 Å². The van der Waals surface area contributed by atoms with Gasteiger partial charge in [-0.2, -0.15) is 14.8 Å². The molecular weight excluding hydrogens is 550 g/mol. The average molecular weight is 582 g/mol. The van der Waals surface area contributed by atoms with Crippen LogP contribution < -0.4 is 0 Å². The summed E-state index contributed by atoms with van der Waals surface area (Å²) in [6.07, 6.45) is -0.570. The van der Waals surface area contributed by atoms with E-state index in [0.29, 0.717) is 29.1 Å². The minimum atomic E-state index is -4.12. The molecule has 10 nitrogen and oxygen atoms in total. The number of ether oxygens (including phenoxy) is 1. The van der Waals surface area contributed by atoms with Gasteiger partial charge in [0.15, 0.2) is 0 Å². The quantitative estimate of drug-likeness (QED) is 0.506. The number of nitriles is 2. The number of hydrogen-bond donors (Lipinski definition) is 0. The molecule has 2 saturated heterocycles. The van der Waals surface area contributed by atoms with Crippen LogP contribution in [0, 0.1) is 22.7 Å². The van der Waals surface area contributed by atoms with Crippen molar-refractivity contribution in [3.8, 4) is 12.1 Å². The smallest absolute Gasteiger partial charge is 0.411 e. The lowest BCUT2D eigenvalue weighted by Gasteiger charge is -2.30. The van der Waals surface area contributed by atoms with Crippen LogP contribution in [-0.2, 0) is 26.1 Å². The van der Waals surface area contributed by atoms with E-state index in [-0.39, 0.29) is 30.3 Å². The SMILES string of the molecule is CC(C)(C)OC(=O)N1C[C@@H](N(Cc2ccc(C#N)cc2)S(=O)(=O)c2ccc(C#N)cc2)C[C@H]1C(=O)N1CCSC1. The van der Waals surface area contributed by atoms with E-state index in [4.69, 9.17) is 10.00 Å². The minimum Gasteiger partial charge on any atom is -0.444 e. The standard InChI is InChI=1S/C28H31N5O5S2/c1-28(2,3)38-27(35)32-18-23(14-25(32)26(34)31-12-13-39-19-31)33(17-22-6-4-20(15-29)5-7-22)40(36,37)24-10-8-21(16-30)9-11-24/h4-11,23,25H,12-14,17-19H2,1-3H3/t23-,25-/m0/s1. The fourth-order valence-corrected chi connectivity index (χ4v) is 7.26. The average Bonchev–Trinajstić information content (AvgIpc) is 3.62. The van der Waals surface area contributed by atoms with Gasteiger partial charge in [0, 0.05) is 31.4 Å². The summed E-state index contributed by atoms with van der Waals surface area (Å²) in [6.45, 7) is 5.70. The lowest BCUT2D eigenvalue weighted by molar-refractivity contribution is -0.134. The van der Waals surface area contributed by atoms with Crippen LogP contribution in [0.2, 0.25) is 0 Å². The lowest BCUT2D eigenvalue weighted by atomic mass is 10.1.